The first kappa shape index (κ1) is 9.68. The van der Waals surface area contributed by atoms with E-state index >= 15 is 0 Å². The highest BCUT2D eigenvalue weighted by Gasteiger charge is 2.29. The van der Waals surface area contributed by atoms with E-state index in [2.05, 4.69) is 0 Å². The van der Waals surface area contributed by atoms with E-state index in [1.54, 1.807) is 0 Å². The van der Waals surface area contributed by atoms with Crippen LogP contribution in [0.2, 0.25) is 0 Å². The van der Waals surface area contributed by atoms with Gasteiger partial charge in [-0.05, 0) is 0 Å². The lowest BCUT2D eigenvalue weighted by Crippen LogP contribution is -2.09. The third-order valence-corrected chi connectivity index (χ3v) is 7.84. The molecule has 2 heterocycles. The summed E-state index contributed by atoms with van der Waals surface area (Å²) in [6, 6.07) is 0. The van der Waals surface area contributed by atoms with Gasteiger partial charge in [0.25, 0.3) is 4.06 Å². The van der Waals surface area contributed by atoms with Crippen LogP contribution in [0, 0.1) is 0 Å². The Bertz CT molecular complexity index is 315. The first-order valence-corrected chi connectivity index (χ1v) is 7.19. The number of alkyl halides is 2. The second-order valence-corrected chi connectivity index (χ2v) is 8.47. The largest absolute Gasteiger partial charge is 0.289 e. The second-order valence-electron chi connectivity index (χ2n) is 1.97. The maximum absolute atomic E-state index is 11.0. The van der Waals surface area contributed by atoms with Crippen molar-refractivity contribution in [2.75, 3.05) is 0 Å². The third kappa shape index (κ3) is 1.81. The summed E-state index contributed by atoms with van der Waals surface area (Å²) in [6.07, 6.45) is 0. The van der Waals surface area contributed by atoms with E-state index in [0.717, 1.165) is 8.42 Å². The zero-order chi connectivity index (χ0) is 8.72. The summed E-state index contributed by atoms with van der Waals surface area (Å²) in [5.74, 6) is 0. The first-order chi connectivity index (χ1) is 5.66. The van der Waals surface area contributed by atoms with Crippen LogP contribution in [-0.4, -0.2) is 9.42 Å². The van der Waals surface area contributed by atoms with Gasteiger partial charge in [-0.3, -0.25) is 4.79 Å². The number of halogens is 2. The fraction of sp³-hybridized carbons (Fsp3) is 0.400. The smallest absolute Gasteiger partial charge is 0.265 e. The number of thioether (sulfide) groups is 2. The van der Waals surface area contributed by atoms with Crippen LogP contribution in [-0.2, 0) is 0 Å². The van der Waals surface area contributed by atoms with Crippen molar-refractivity contribution >= 4 is 69.4 Å². The molecule has 0 aromatic carbocycles. The molecule has 0 saturated heterocycles. The monoisotopic (exact) mass is 276 g/mol. The van der Waals surface area contributed by atoms with E-state index in [4.69, 9.17) is 23.2 Å². The number of fused-ring (bicyclic) bond motifs is 1. The molecule has 2 atom stereocenters. The lowest BCUT2D eigenvalue weighted by molar-refractivity contribution is 1.27. The van der Waals surface area contributed by atoms with Gasteiger partial charge in [-0.2, -0.15) is 0 Å². The summed E-state index contributed by atoms with van der Waals surface area (Å²) in [6.45, 7) is 0. The van der Waals surface area contributed by atoms with Crippen molar-refractivity contribution in [1.82, 2.24) is 0 Å². The van der Waals surface area contributed by atoms with E-state index in [1.807, 2.05) is 0 Å². The highest BCUT2D eigenvalue weighted by molar-refractivity contribution is 8.10. The molecule has 0 amide bonds. The van der Waals surface area contributed by atoms with Crippen LogP contribution in [0.3, 0.4) is 0 Å². The van der Waals surface area contributed by atoms with E-state index < -0.39 is 0 Å². The molecule has 0 spiro atoms. The Labute approximate surface area is 95.5 Å². The fourth-order valence-corrected chi connectivity index (χ4v) is 7.01. The van der Waals surface area contributed by atoms with Gasteiger partial charge >= 0.3 is 0 Å². The molecule has 0 radical (unpaired) electrons. The Hall–Kier alpha value is 1.13. The van der Waals surface area contributed by atoms with Gasteiger partial charge in [0, 0.05) is 0 Å². The molecule has 7 heteroatoms. The van der Waals surface area contributed by atoms with Crippen molar-refractivity contribution in [3.05, 3.63) is 8.85 Å². The molecule has 0 aliphatic carbocycles. The highest BCUT2D eigenvalue weighted by atomic mass is 35.5. The maximum atomic E-state index is 11.0. The van der Waals surface area contributed by atoms with Gasteiger partial charge < -0.3 is 0 Å². The first-order valence-electron chi connectivity index (χ1n) is 2.92. The van der Waals surface area contributed by atoms with Gasteiger partial charge in [0.1, 0.15) is 9.42 Å². The molecule has 0 unspecified atom stereocenters. The molecule has 66 valence electrons. The molecule has 1 aliphatic heterocycles. The van der Waals surface area contributed by atoms with Crippen LogP contribution < -0.4 is 4.06 Å². The zero-order valence-corrected chi connectivity index (χ0v) is 10.2. The zero-order valence-electron chi connectivity index (χ0n) is 5.45. The minimum absolute atomic E-state index is 0.120. The molecule has 0 bridgehead atoms. The number of hydrogen-bond donors (Lipinski definition) is 0. The summed E-state index contributed by atoms with van der Waals surface area (Å²) in [5.41, 5.74) is 0. The molecule has 0 fully saturated rings. The molecule has 1 aliphatic rings. The molecule has 0 saturated carbocycles. The lowest BCUT2D eigenvalue weighted by atomic mass is 10.9. The van der Waals surface area contributed by atoms with E-state index in [1.165, 1.54) is 46.2 Å². The van der Waals surface area contributed by atoms with Gasteiger partial charge in [0.15, 0.2) is 0 Å². The average Bonchev–Trinajstić information content (AvgIpc) is 2.30. The molecule has 1 aromatic rings. The van der Waals surface area contributed by atoms with Gasteiger partial charge in [0.2, 0.25) is 0 Å². The predicted molar refractivity (Wildman–Crippen MR) is 59.5 cm³/mol. The van der Waals surface area contributed by atoms with Crippen LogP contribution >= 0.6 is 69.4 Å². The van der Waals surface area contributed by atoms with Crippen LogP contribution in [0.25, 0.3) is 0 Å². The van der Waals surface area contributed by atoms with Crippen molar-refractivity contribution in [2.45, 2.75) is 17.8 Å². The third-order valence-electron chi connectivity index (χ3n) is 1.16. The fourth-order valence-electron chi connectivity index (χ4n) is 0.711. The van der Waals surface area contributed by atoms with Crippen LogP contribution in [0.5, 0.6) is 0 Å². The Balaban J connectivity index is 2.39. The maximum Gasteiger partial charge on any atom is 0.289 e. The van der Waals surface area contributed by atoms with Crippen molar-refractivity contribution in [3.8, 4) is 0 Å². The van der Waals surface area contributed by atoms with Crippen LogP contribution in [0.1, 0.15) is 0 Å². The summed E-state index contributed by atoms with van der Waals surface area (Å²) in [5, 5.41) is 0. The predicted octanol–water partition coefficient (Wildman–Crippen LogP) is 3.50. The normalized spacial score (nSPS) is 28.5. The Morgan fingerprint density at radius 3 is 1.83 bits per heavy atom. The molecular formula is C5H2Cl2OS4. The number of hydrogen-bond acceptors (Lipinski definition) is 5. The Kier molecular flexibility index (Phi) is 2.99. The minimum Gasteiger partial charge on any atom is -0.265 e. The molecular weight excluding hydrogens is 275 g/mol. The SMILES string of the molecule is O=c1sc2c(s1)S[C@H](Cl)[C@@H](Cl)S2. The van der Waals surface area contributed by atoms with Gasteiger partial charge in [-0.25, -0.2) is 0 Å². The molecule has 12 heavy (non-hydrogen) atoms. The van der Waals surface area contributed by atoms with Gasteiger partial charge in [-0.15, -0.1) is 23.2 Å². The van der Waals surface area contributed by atoms with Crippen molar-refractivity contribution in [3.63, 3.8) is 0 Å². The molecule has 1 nitrogen and oxygen atoms in total. The van der Waals surface area contributed by atoms with E-state index in [0.29, 0.717) is 0 Å². The molecule has 0 N–H and O–H groups in total. The topological polar surface area (TPSA) is 17.1 Å². The van der Waals surface area contributed by atoms with Crippen molar-refractivity contribution in [2.24, 2.45) is 0 Å². The standard InChI is InChI=1S/C5H2Cl2OS4/c6-1-2(7)10-4-3(9-1)11-5(8)12-4/h1-2H/t1-,2-/m0/s1. The van der Waals surface area contributed by atoms with E-state index in [9.17, 15) is 4.79 Å². The minimum atomic E-state index is -0.130. The summed E-state index contributed by atoms with van der Waals surface area (Å²) in [7, 11) is 0. The van der Waals surface area contributed by atoms with Crippen molar-refractivity contribution in [1.29, 1.82) is 0 Å². The molecule has 1 aromatic heterocycles. The second kappa shape index (κ2) is 3.71. The number of rotatable bonds is 0. The molecule has 2 rings (SSSR count). The van der Waals surface area contributed by atoms with Crippen LogP contribution in [0.4, 0.5) is 0 Å². The lowest BCUT2D eigenvalue weighted by Gasteiger charge is -2.19. The average molecular weight is 277 g/mol. The summed E-state index contributed by atoms with van der Waals surface area (Å²) in [4.78, 5) is 11.0. The summed E-state index contributed by atoms with van der Waals surface area (Å²) >= 11 is 17.3. The quantitative estimate of drug-likeness (QED) is 0.676. The van der Waals surface area contributed by atoms with Crippen LogP contribution in [0.15, 0.2) is 13.2 Å². The van der Waals surface area contributed by atoms with Crippen molar-refractivity contribution < 1.29 is 0 Å². The van der Waals surface area contributed by atoms with Gasteiger partial charge in [0.05, 0.1) is 8.42 Å². The Morgan fingerprint density at radius 2 is 1.42 bits per heavy atom. The van der Waals surface area contributed by atoms with Gasteiger partial charge in [-0.1, -0.05) is 46.2 Å². The summed E-state index contributed by atoms with van der Waals surface area (Å²) < 4.78 is 1.90. The highest BCUT2D eigenvalue weighted by Crippen LogP contribution is 2.50. The Morgan fingerprint density at radius 1 is 1.00 bits per heavy atom. The van der Waals surface area contributed by atoms with E-state index in [-0.39, 0.29) is 13.5 Å².